The van der Waals surface area contributed by atoms with Crippen LogP contribution in [0.15, 0.2) is 93.9 Å². The number of thiazole rings is 1. The number of ether oxygens (including phenoxy) is 4. The van der Waals surface area contributed by atoms with Crippen molar-refractivity contribution in [3.8, 4) is 17.2 Å². The van der Waals surface area contributed by atoms with E-state index in [1.165, 1.54) is 22.8 Å². The van der Waals surface area contributed by atoms with Crippen molar-refractivity contribution in [3.63, 3.8) is 0 Å². The van der Waals surface area contributed by atoms with Gasteiger partial charge in [0, 0.05) is 6.92 Å². The smallest absolute Gasteiger partial charge is 0.338 e. The second-order valence-corrected chi connectivity index (χ2v) is 12.2. The molecule has 0 N–H and O–H groups in total. The van der Waals surface area contributed by atoms with Crippen LogP contribution >= 0.6 is 11.3 Å². The Kier molecular flexibility index (Phi) is 10.2. The predicted octanol–water partition coefficient (Wildman–Crippen LogP) is 5.34. The molecule has 10 heteroatoms. The molecule has 0 aliphatic carbocycles. The van der Waals surface area contributed by atoms with Crippen LogP contribution in [0.1, 0.15) is 57.4 Å². The van der Waals surface area contributed by atoms with Crippen LogP contribution in [-0.4, -0.2) is 29.7 Å². The topological polar surface area (TPSA) is 105 Å². The third-order valence-corrected chi connectivity index (χ3v) is 8.04. The number of benzene rings is 3. The molecule has 1 unspecified atom stereocenters. The fraction of sp³-hybridized carbons (Fsp3) is 0.278. The number of rotatable bonds is 11. The fourth-order valence-corrected chi connectivity index (χ4v) is 6.02. The van der Waals surface area contributed by atoms with Crippen molar-refractivity contribution in [2.24, 2.45) is 10.9 Å². The van der Waals surface area contributed by atoms with Crippen molar-refractivity contribution in [2.75, 3.05) is 13.2 Å². The summed E-state index contributed by atoms with van der Waals surface area (Å²) in [6, 6.07) is 21.6. The molecule has 9 nitrogen and oxygen atoms in total. The first-order valence-electron chi connectivity index (χ1n) is 15.1. The molecular weight excluding hydrogens is 604 g/mol. The van der Waals surface area contributed by atoms with E-state index in [-0.39, 0.29) is 29.4 Å². The van der Waals surface area contributed by atoms with E-state index in [1.807, 2.05) is 75.4 Å². The van der Waals surface area contributed by atoms with Gasteiger partial charge in [0.2, 0.25) is 0 Å². The van der Waals surface area contributed by atoms with Crippen LogP contribution in [0.3, 0.4) is 0 Å². The third-order valence-electron chi connectivity index (χ3n) is 7.05. The zero-order valence-corrected chi connectivity index (χ0v) is 27.3. The molecule has 0 fully saturated rings. The molecule has 1 aliphatic rings. The first-order chi connectivity index (χ1) is 22.1. The Labute approximate surface area is 271 Å². The number of hydrogen-bond acceptors (Lipinski definition) is 9. The Morgan fingerprint density at radius 1 is 1.00 bits per heavy atom. The Morgan fingerprint density at radius 3 is 2.41 bits per heavy atom. The van der Waals surface area contributed by atoms with Gasteiger partial charge in [0.05, 0.1) is 35.1 Å². The summed E-state index contributed by atoms with van der Waals surface area (Å²) in [5.41, 5.74) is 2.86. The van der Waals surface area contributed by atoms with Crippen molar-refractivity contribution in [2.45, 2.75) is 47.3 Å². The number of nitrogens with zero attached hydrogens (tertiary/aromatic N) is 2. The molecule has 4 aromatic rings. The normalized spacial score (nSPS) is 14.5. The van der Waals surface area contributed by atoms with Gasteiger partial charge in [-0.1, -0.05) is 73.7 Å². The molecular formula is C36H36N2O7S. The number of esters is 2. The Hall–Kier alpha value is -4.96. The molecule has 2 heterocycles. The Morgan fingerprint density at radius 2 is 1.74 bits per heavy atom. The van der Waals surface area contributed by atoms with Gasteiger partial charge in [-0.15, -0.1) is 0 Å². The van der Waals surface area contributed by atoms with Crippen molar-refractivity contribution in [3.05, 3.63) is 120 Å². The number of carbonyl (C=O) groups excluding carboxylic acids is 2. The number of carbonyl (C=O) groups is 2. The molecule has 1 aromatic heterocycles. The summed E-state index contributed by atoms with van der Waals surface area (Å²) in [5.74, 6) is 0.341. The molecule has 0 saturated heterocycles. The maximum Gasteiger partial charge on any atom is 0.338 e. The molecule has 1 aliphatic heterocycles. The van der Waals surface area contributed by atoms with Crippen LogP contribution in [-0.2, 0) is 20.9 Å². The van der Waals surface area contributed by atoms with Gasteiger partial charge in [0.1, 0.15) is 12.4 Å². The summed E-state index contributed by atoms with van der Waals surface area (Å²) in [4.78, 5) is 44.5. The second-order valence-electron chi connectivity index (χ2n) is 11.2. The maximum absolute atomic E-state index is 14.1. The Bertz CT molecular complexity index is 1940. The molecule has 0 amide bonds. The van der Waals surface area contributed by atoms with Crippen LogP contribution < -0.4 is 29.1 Å². The predicted molar refractivity (Wildman–Crippen MR) is 176 cm³/mol. The molecule has 3 aromatic carbocycles. The van der Waals surface area contributed by atoms with Gasteiger partial charge in [-0.2, -0.15) is 0 Å². The molecule has 0 saturated carbocycles. The minimum atomic E-state index is -0.850. The fourth-order valence-electron chi connectivity index (χ4n) is 4.97. The lowest BCUT2D eigenvalue weighted by atomic mass is 9.95. The van der Waals surface area contributed by atoms with Crippen molar-refractivity contribution < 1.29 is 28.5 Å². The summed E-state index contributed by atoms with van der Waals surface area (Å²) in [5, 5.41) is 0. The second kappa shape index (κ2) is 14.4. The molecule has 0 radical (unpaired) electrons. The van der Waals surface area contributed by atoms with E-state index in [0.29, 0.717) is 45.3 Å². The third kappa shape index (κ3) is 7.46. The standard InChI is InChI=1S/C36H36N2O7S/c1-6-42-30-19-27(14-17-29(30)45-24(5)39)33-32(35(41)44-20-22(2)3)23(4)37-36-38(33)34(40)31(46-36)18-25-12-15-28(16-13-25)43-21-26-10-8-7-9-11-26/h7-19,22,33H,6,20-21H2,1-5H3/b31-18+. The van der Waals surface area contributed by atoms with Crippen LogP contribution in [0.4, 0.5) is 0 Å². The van der Waals surface area contributed by atoms with Gasteiger partial charge in [-0.25, -0.2) is 9.79 Å². The van der Waals surface area contributed by atoms with E-state index in [4.69, 9.17) is 18.9 Å². The van der Waals surface area contributed by atoms with Crippen LogP contribution in [0, 0.1) is 5.92 Å². The van der Waals surface area contributed by atoms with Crippen molar-refractivity contribution in [1.82, 2.24) is 4.57 Å². The SMILES string of the molecule is CCOc1cc(C2C(C(=O)OCC(C)C)=C(C)N=c3s/c(=C/c4ccc(OCc5ccccc5)cc4)c(=O)n32)ccc1OC(C)=O. The maximum atomic E-state index is 14.1. The first-order valence-corrected chi connectivity index (χ1v) is 15.9. The number of fused-ring (bicyclic) bond motifs is 1. The molecule has 1 atom stereocenters. The summed E-state index contributed by atoms with van der Waals surface area (Å²) in [6.45, 7) is 9.74. The summed E-state index contributed by atoms with van der Waals surface area (Å²) in [6.07, 6.45) is 1.80. The largest absolute Gasteiger partial charge is 0.490 e. The molecule has 0 spiro atoms. The molecule has 238 valence electrons. The van der Waals surface area contributed by atoms with Crippen molar-refractivity contribution >= 4 is 29.4 Å². The van der Waals surface area contributed by atoms with Gasteiger partial charge in [-0.3, -0.25) is 14.2 Å². The van der Waals surface area contributed by atoms with Gasteiger partial charge >= 0.3 is 11.9 Å². The van der Waals surface area contributed by atoms with E-state index in [2.05, 4.69) is 4.99 Å². The highest BCUT2D eigenvalue weighted by Gasteiger charge is 2.34. The van der Waals surface area contributed by atoms with Gasteiger partial charge in [0.15, 0.2) is 16.3 Å². The average Bonchev–Trinajstić information content (AvgIpc) is 3.33. The van der Waals surface area contributed by atoms with E-state index in [9.17, 15) is 14.4 Å². The van der Waals surface area contributed by atoms with Gasteiger partial charge < -0.3 is 18.9 Å². The first kappa shape index (κ1) is 32.4. The van der Waals surface area contributed by atoms with Crippen LogP contribution in [0.2, 0.25) is 0 Å². The Balaban J connectivity index is 1.55. The van der Waals surface area contributed by atoms with Gasteiger partial charge in [0.25, 0.3) is 5.56 Å². The monoisotopic (exact) mass is 640 g/mol. The lowest BCUT2D eigenvalue weighted by Crippen LogP contribution is -2.40. The lowest BCUT2D eigenvalue weighted by Gasteiger charge is -2.25. The van der Waals surface area contributed by atoms with E-state index in [0.717, 1.165) is 11.1 Å². The number of allylic oxidation sites excluding steroid dienone is 1. The summed E-state index contributed by atoms with van der Waals surface area (Å²) < 4.78 is 24.7. The number of aromatic nitrogens is 1. The van der Waals surface area contributed by atoms with E-state index >= 15 is 0 Å². The quantitative estimate of drug-likeness (QED) is 0.161. The van der Waals surface area contributed by atoms with Crippen LogP contribution in [0.5, 0.6) is 17.2 Å². The molecule has 46 heavy (non-hydrogen) atoms. The van der Waals surface area contributed by atoms with E-state index < -0.39 is 18.0 Å². The zero-order chi connectivity index (χ0) is 32.8. The number of hydrogen-bond donors (Lipinski definition) is 0. The van der Waals surface area contributed by atoms with E-state index in [1.54, 1.807) is 31.2 Å². The van der Waals surface area contributed by atoms with Crippen molar-refractivity contribution in [1.29, 1.82) is 0 Å². The highest BCUT2D eigenvalue weighted by molar-refractivity contribution is 7.07. The highest BCUT2D eigenvalue weighted by Crippen LogP contribution is 2.36. The summed E-state index contributed by atoms with van der Waals surface area (Å²) >= 11 is 1.24. The zero-order valence-electron chi connectivity index (χ0n) is 26.4. The average molecular weight is 641 g/mol. The van der Waals surface area contributed by atoms with Crippen LogP contribution in [0.25, 0.3) is 6.08 Å². The molecule has 0 bridgehead atoms. The minimum absolute atomic E-state index is 0.118. The summed E-state index contributed by atoms with van der Waals surface area (Å²) in [7, 11) is 0. The van der Waals surface area contributed by atoms with Gasteiger partial charge in [-0.05, 0) is 66.8 Å². The molecule has 5 rings (SSSR count). The minimum Gasteiger partial charge on any atom is -0.490 e. The highest BCUT2D eigenvalue weighted by atomic mass is 32.1. The lowest BCUT2D eigenvalue weighted by molar-refractivity contribution is -0.140.